The molecule has 8 aromatic rings. The standard InChI is InChI=1S/C70H83N13O6S2/c1-42(2)63(69(88)82-39-52(84)34-58(82)67(86)73-43(3)48-18-20-50(21-19-48)65-44(4)71-41-90-65)59-35-62(78-89-59)80-31-24-47(25-32-80)37-79-29-27-51(28-30-79)74-68(87)64-53(55-36-72-83(45(55)5)38-46-12-7-6-8-13-46)22-23-61(76-64)81-33-26-49-14-11-15-54(56(49)40-81)66(85)77-70-75-57-16-9-10-17-60(57)91-70/h9-11,14-23,35-36,41-43,46-47,51-52,58,63,84H,6-8,12-13,24-34,37-40H2,1-5H3,(H,73,86)(H,74,87)(H,75,77,85)/t43-,52+,58-,63?/m0/s1. The molecule has 4 atom stereocenters. The second-order valence-corrected chi connectivity index (χ2v) is 28.1. The number of aliphatic hydroxyl groups is 1. The van der Waals surface area contributed by atoms with Crippen LogP contribution < -0.4 is 25.8 Å². The van der Waals surface area contributed by atoms with Crippen LogP contribution in [-0.4, -0.2) is 132 Å². The van der Waals surface area contributed by atoms with Crippen LogP contribution in [0, 0.1) is 31.6 Å². The fourth-order valence-electron chi connectivity index (χ4n) is 14.5. The minimum Gasteiger partial charge on any atom is -0.391 e. The van der Waals surface area contributed by atoms with Crippen LogP contribution in [0.2, 0.25) is 0 Å². The summed E-state index contributed by atoms with van der Waals surface area (Å²) in [6.07, 6.45) is 11.8. The number of aliphatic hydroxyl groups excluding tert-OH is 1. The molecular formula is C70H83N13O6S2. The topological polar surface area (TPSA) is 220 Å². The smallest absolute Gasteiger partial charge is 0.270 e. The van der Waals surface area contributed by atoms with Gasteiger partial charge >= 0.3 is 0 Å². The van der Waals surface area contributed by atoms with Crippen molar-refractivity contribution in [2.75, 3.05) is 60.9 Å². The van der Waals surface area contributed by atoms with Gasteiger partial charge in [-0.25, -0.2) is 15.0 Å². The second-order valence-electron chi connectivity index (χ2n) is 26.3. The van der Waals surface area contributed by atoms with Crippen molar-refractivity contribution in [3.63, 3.8) is 0 Å². The van der Waals surface area contributed by atoms with Gasteiger partial charge in [-0.1, -0.05) is 98.1 Å². The number of fused-ring (bicyclic) bond motifs is 2. The molecule has 0 spiro atoms. The molecule has 476 valence electrons. The van der Waals surface area contributed by atoms with Crippen molar-refractivity contribution >= 4 is 73.3 Å². The Morgan fingerprint density at radius 3 is 2.32 bits per heavy atom. The highest BCUT2D eigenvalue weighted by molar-refractivity contribution is 7.22. The van der Waals surface area contributed by atoms with Gasteiger partial charge in [-0.2, -0.15) is 5.10 Å². The Morgan fingerprint density at radius 2 is 1.56 bits per heavy atom. The number of piperidine rings is 2. The second kappa shape index (κ2) is 27.2. The summed E-state index contributed by atoms with van der Waals surface area (Å²) in [6.45, 7) is 16.4. The van der Waals surface area contributed by atoms with Crippen LogP contribution in [0.5, 0.6) is 0 Å². The summed E-state index contributed by atoms with van der Waals surface area (Å²) in [4.78, 5) is 81.2. The molecule has 3 saturated heterocycles. The number of rotatable bonds is 18. The number of benzene rings is 3. The zero-order chi connectivity index (χ0) is 62.9. The van der Waals surface area contributed by atoms with Gasteiger partial charge in [0, 0.05) is 99.8 Å². The number of aromatic nitrogens is 6. The molecule has 19 nitrogen and oxygen atoms in total. The van der Waals surface area contributed by atoms with E-state index in [9.17, 15) is 24.3 Å². The molecule has 4 N–H and O–H groups in total. The molecule has 4 aliphatic heterocycles. The molecule has 1 saturated carbocycles. The lowest BCUT2D eigenvalue weighted by atomic mass is 9.89. The molecule has 1 unspecified atom stereocenters. The first-order valence-electron chi connectivity index (χ1n) is 32.8. The van der Waals surface area contributed by atoms with Crippen LogP contribution in [-0.2, 0) is 29.1 Å². The number of likely N-dealkylation sites (tertiary alicyclic amines) is 2. The third-order valence-corrected chi connectivity index (χ3v) is 21.7. The van der Waals surface area contributed by atoms with Gasteiger partial charge < -0.3 is 39.9 Å². The number of hydrogen-bond acceptors (Lipinski definition) is 16. The molecule has 4 fully saturated rings. The summed E-state index contributed by atoms with van der Waals surface area (Å²) < 4.78 is 9.13. The van der Waals surface area contributed by atoms with Crippen molar-refractivity contribution in [3.05, 3.63) is 142 Å². The number of amides is 4. The van der Waals surface area contributed by atoms with Gasteiger partial charge in [-0.15, -0.1) is 11.3 Å². The number of carbonyl (C=O) groups excluding carboxylic acids is 4. The first-order chi connectivity index (χ1) is 44.2. The maximum atomic E-state index is 14.9. The summed E-state index contributed by atoms with van der Waals surface area (Å²) in [5.41, 5.74) is 11.5. The van der Waals surface area contributed by atoms with Crippen molar-refractivity contribution in [2.24, 2.45) is 17.8 Å². The average molecular weight is 1270 g/mol. The minimum absolute atomic E-state index is 0.0176. The summed E-state index contributed by atoms with van der Waals surface area (Å²) in [6, 6.07) is 26.7. The number of β-amino-alcohol motifs (C(OH)–C–C–N with tert-alkyl or cyclic N) is 1. The van der Waals surface area contributed by atoms with E-state index >= 15 is 0 Å². The molecule has 91 heavy (non-hydrogen) atoms. The zero-order valence-corrected chi connectivity index (χ0v) is 54.4. The van der Waals surface area contributed by atoms with Gasteiger partial charge in [-0.3, -0.25) is 29.2 Å². The van der Waals surface area contributed by atoms with E-state index in [2.05, 4.69) is 63.4 Å². The van der Waals surface area contributed by atoms with Gasteiger partial charge in [0.2, 0.25) is 11.8 Å². The lowest BCUT2D eigenvalue weighted by Gasteiger charge is -2.37. The number of pyridine rings is 1. The number of hydrogen-bond donors (Lipinski definition) is 4. The van der Waals surface area contributed by atoms with Crippen LogP contribution in [0.25, 0.3) is 31.8 Å². The Kier molecular flexibility index (Phi) is 18.5. The Bertz CT molecular complexity index is 3880. The molecule has 9 heterocycles. The van der Waals surface area contributed by atoms with E-state index in [0.29, 0.717) is 58.7 Å². The molecule has 3 aromatic carbocycles. The van der Waals surface area contributed by atoms with E-state index < -0.39 is 18.1 Å². The van der Waals surface area contributed by atoms with E-state index in [0.717, 1.165) is 131 Å². The van der Waals surface area contributed by atoms with Crippen LogP contribution in [0.3, 0.4) is 0 Å². The van der Waals surface area contributed by atoms with Crippen molar-refractivity contribution in [3.8, 4) is 21.6 Å². The molecule has 1 aliphatic carbocycles. The van der Waals surface area contributed by atoms with Gasteiger partial charge in [-0.05, 0) is 136 Å². The SMILES string of the molecule is Cc1ncsc1-c1ccc([C@H](C)NC(=O)[C@@H]2C[C@@H](O)CN2C(=O)C(c2cc(N3CCC(CN4CCC(NC(=O)c5nc(N6CCc7cccc(C(=O)Nc8nc9ccccc9s8)c7C6)ccc5-c5cnn(CC6CCCCC6)c5C)CC4)CC3)no2)C(C)C)cc1. The number of thiazole rings is 2. The number of nitrogens with zero attached hydrogens (tertiary/aromatic N) is 10. The number of nitrogens with one attached hydrogen (secondary N) is 3. The highest BCUT2D eigenvalue weighted by Crippen LogP contribution is 2.37. The van der Waals surface area contributed by atoms with Crippen molar-refractivity contribution in [1.29, 1.82) is 0 Å². The molecule has 5 aromatic heterocycles. The molecule has 21 heteroatoms. The van der Waals surface area contributed by atoms with Gasteiger partial charge in [0.25, 0.3) is 11.8 Å². The third kappa shape index (κ3) is 13.6. The van der Waals surface area contributed by atoms with Crippen molar-refractivity contribution in [1.82, 2.24) is 50.3 Å². The van der Waals surface area contributed by atoms with Crippen LogP contribution >= 0.6 is 22.7 Å². The quantitative estimate of drug-likeness (QED) is 0.0628. The lowest BCUT2D eigenvalue weighted by Crippen LogP contribution is -2.48. The monoisotopic (exact) mass is 1270 g/mol. The average Bonchev–Trinajstić information content (AvgIpc) is 2.16. The highest BCUT2D eigenvalue weighted by atomic mass is 32.1. The number of anilines is 3. The predicted molar refractivity (Wildman–Crippen MR) is 356 cm³/mol. The maximum absolute atomic E-state index is 14.9. The summed E-state index contributed by atoms with van der Waals surface area (Å²) in [5.74, 6) is 1.14. The lowest BCUT2D eigenvalue weighted by molar-refractivity contribution is -0.141. The van der Waals surface area contributed by atoms with E-state index in [-0.39, 0.29) is 54.6 Å². The number of para-hydroxylation sites is 1. The molecule has 13 rings (SSSR count). The summed E-state index contributed by atoms with van der Waals surface area (Å²) in [5, 5.41) is 30.5. The van der Waals surface area contributed by atoms with Crippen LogP contribution in [0.1, 0.15) is 152 Å². The Balaban J connectivity index is 0.624. The first-order valence-corrected chi connectivity index (χ1v) is 34.5. The highest BCUT2D eigenvalue weighted by Gasteiger charge is 2.44. The maximum Gasteiger partial charge on any atom is 0.270 e. The van der Waals surface area contributed by atoms with Crippen molar-refractivity contribution in [2.45, 2.75) is 148 Å². The number of carbonyl (C=O) groups is 4. The largest absolute Gasteiger partial charge is 0.391 e. The van der Waals surface area contributed by atoms with E-state index in [1.807, 2.05) is 118 Å². The summed E-state index contributed by atoms with van der Waals surface area (Å²) in [7, 11) is 0. The Morgan fingerprint density at radius 1 is 0.780 bits per heavy atom. The predicted octanol–water partition coefficient (Wildman–Crippen LogP) is 11.4. The first kappa shape index (κ1) is 62.0. The fraction of sp³-hybridized carbons (Fsp3) is 0.471. The summed E-state index contributed by atoms with van der Waals surface area (Å²) >= 11 is 3.05. The third-order valence-electron chi connectivity index (χ3n) is 19.8. The zero-order valence-electron chi connectivity index (χ0n) is 52.8. The molecule has 4 amide bonds. The van der Waals surface area contributed by atoms with Crippen LogP contribution in [0.15, 0.2) is 101 Å². The Hall–Kier alpha value is -7.85. The Labute approximate surface area is 540 Å². The van der Waals surface area contributed by atoms with E-state index in [1.54, 1.807) is 11.3 Å². The molecule has 0 bridgehead atoms. The fourth-order valence-corrected chi connectivity index (χ4v) is 16.2. The van der Waals surface area contributed by atoms with Crippen LogP contribution in [0.4, 0.5) is 16.8 Å². The number of aryl methyl sites for hydroxylation is 1. The minimum atomic E-state index is -0.825. The molecule has 0 radical (unpaired) electrons. The van der Waals surface area contributed by atoms with Gasteiger partial charge in [0.05, 0.1) is 44.6 Å². The van der Waals surface area contributed by atoms with Gasteiger partial charge in [0.1, 0.15) is 23.5 Å². The van der Waals surface area contributed by atoms with E-state index in [1.165, 1.54) is 48.3 Å². The van der Waals surface area contributed by atoms with Crippen molar-refractivity contribution < 1.29 is 28.8 Å². The molecular weight excluding hydrogens is 1180 g/mol. The normalized spacial score (nSPS) is 19.4. The molecule has 5 aliphatic rings. The van der Waals surface area contributed by atoms with E-state index in [4.69, 9.17) is 14.6 Å². The van der Waals surface area contributed by atoms with Gasteiger partial charge in [0.15, 0.2) is 16.7 Å².